The molecule has 6 rings (SSSR count). The number of unbranched alkanes of at least 4 members (excludes halogenated alkanes) is 9. The van der Waals surface area contributed by atoms with Gasteiger partial charge in [0, 0.05) is 182 Å². The Morgan fingerprint density at radius 3 is 0.406 bits per heavy atom. The van der Waals surface area contributed by atoms with Crippen LogP contribution in [0.1, 0.15) is 359 Å². The van der Waals surface area contributed by atoms with Crippen molar-refractivity contribution in [1.82, 2.24) is 31.9 Å². The maximum absolute atomic E-state index is 12.3. The van der Waals surface area contributed by atoms with E-state index in [-0.39, 0.29) is 139 Å². The van der Waals surface area contributed by atoms with Crippen LogP contribution in [0.15, 0.2) is 0 Å². The van der Waals surface area contributed by atoms with Crippen LogP contribution < -0.4 is 31.9 Å². The molecule has 0 unspecified atom stereocenters. The number of rotatable bonds is 27. The van der Waals surface area contributed by atoms with Crippen LogP contribution in [0.3, 0.4) is 0 Å². The maximum Gasteiger partial charge on any atom is 0.306 e. The predicted molar refractivity (Wildman–Crippen MR) is 386 cm³/mol. The van der Waals surface area contributed by atoms with Crippen molar-refractivity contribution in [3.8, 4) is 0 Å². The van der Waals surface area contributed by atoms with Gasteiger partial charge in [-0.2, -0.15) is 0 Å². The molecule has 6 fully saturated rings. The molecule has 558 valence electrons. The van der Waals surface area contributed by atoms with Gasteiger partial charge in [0.1, 0.15) is 36.6 Å². The number of carbonyl (C=O) groups excluding carboxylic acids is 6. The summed E-state index contributed by atoms with van der Waals surface area (Å²) >= 11 is 0. The summed E-state index contributed by atoms with van der Waals surface area (Å²) < 4.78 is 34.6. The molecule has 0 aromatic carbocycles. The monoisotopic (exact) mass is 1360 g/mol. The molecule has 0 spiro atoms. The minimum absolute atomic E-state index is 0.000484. The van der Waals surface area contributed by atoms with Gasteiger partial charge in [-0.05, 0) is 205 Å². The highest BCUT2D eigenvalue weighted by Gasteiger charge is 2.45. The summed E-state index contributed by atoms with van der Waals surface area (Å²) in [6, 6.07) is 0. The molecular weight excluding hydrogens is 1210 g/mol. The van der Waals surface area contributed by atoms with Crippen molar-refractivity contribution in [3.05, 3.63) is 0 Å². The third-order valence-electron chi connectivity index (χ3n) is 19.2. The molecule has 6 saturated heterocycles. The van der Waals surface area contributed by atoms with E-state index in [9.17, 15) is 28.8 Å². The summed E-state index contributed by atoms with van der Waals surface area (Å²) in [5, 5.41) is 21.7. The zero-order chi connectivity index (χ0) is 72.6. The third kappa shape index (κ3) is 35.3. The van der Waals surface area contributed by atoms with Gasteiger partial charge < -0.3 is 60.3 Å². The first-order valence-electron chi connectivity index (χ1n) is 37.6. The summed E-state index contributed by atoms with van der Waals surface area (Å²) in [4.78, 5) is 73.7. The predicted octanol–water partition coefficient (Wildman–Crippen LogP) is 15.1. The smallest absolute Gasteiger partial charge is 0.306 e. The highest BCUT2D eigenvalue weighted by Crippen LogP contribution is 2.37. The molecule has 0 amide bonds. The van der Waals surface area contributed by atoms with Crippen LogP contribution in [0, 0.1) is 0 Å². The summed E-state index contributed by atoms with van der Waals surface area (Å²) in [5.74, 6) is -0.651. The lowest BCUT2D eigenvalue weighted by Crippen LogP contribution is -2.59. The van der Waals surface area contributed by atoms with Gasteiger partial charge in [-0.25, -0.2) is 0 Å². The minimum atomic E-state index is -0.163. The minimum Gasteiger partial charge on any atom is -0.462 e. The van der Waals surface area contributed by atoms with Gasteiger partial charge >= 0.3 is 35.8 Å². The number of ether oxygens (including phenoxy) is 6. The quantitative estimate of drug-likeness (QED) is 0.0255. The highest BCUT2D eigenvalue weighted by atomic mass is 16.6. The van der Waals surface area contributed by atoms with E-state index >= 15 is 0 Å². The Morgan fingerprint density at radius 1 is 0.198 bits per heavy atom. The van der Waals surface area contributed by atoms with Crippen LogP contribution in [-0.2, 0) is 57.2 Å². The molecule has 6 aliphatic heterocycles. The van der Waals surface area contributed by atoms with E-state index in [1.807, 2.05) is 0 Å². The number of piperidine rings is 6. The third-order valence-corrected chi connectivity index (χ3v) is 19.2. The Kier molecular flexibility index (Phi) is 31.0. The number of hydrogen-bond donors (Lipinski definition) is 6. The van der Waals surface area contributed by atoms with E-state index in [2.05, 4.69) is 198 Å². The topological polar surface area (TPSA) is 230 Å². The second kappa shape index (κ2) is 35.0. The van der Waals surface area contributed by atoms with Crippen LogP contribution in [0.2, 0.25) is 0 Å². The van der Waals surface area contributed by atoms with Crippen molar-refractivity contribution in [3.63, 3.8) is 0 Å². The number of carbonyl (C=O) groups is 6. The second-order valence-corrected chi connectivity index (χ2v) is 38.2. The van der Waals surface area contributed by atoms with Gasteiger partial charge in [0.25, 0.3) is 0 Å². The van der Waals surface area contributed by atoms with Gasteiger partial charge in [-0.15, -0.1) is 0 Å². The lowest BCUT2D eigenvalue weighted by molar-refractivity contribution is -0.155. The zero-order valence-electron chi connectivity index (χ0n) is 65.6. The zero-order valence-corrected chi connectivity index (χ0v) is 65.6. The van der Waals surface area contributed by atoms with Crippen LogP contribution in [-0.4, -0.2) is 139 Å². The van der Waals surface area contributed by atoms with Gasteiger partial charge in [-0.3, -0.25) is 28.8 Å². The number of esters is 6. The SMILES string of the molecule is CC1(C)CC(OC(=O)CCCCC(=O)OC2CC(C)(C)NC(C)(C)C2)CC(C)(C)N1.CC1(C)CC(OC(=O)CCCCCCC(=O)OC2CC(C)(C)NC(C)(C)C2)CC(C)(C)N1.CC1(C)CC(OC(=O)CCCCCCCCC(=O)OC2CC(C)(C)NC(C)(C)C2)CC(C)(C)N1. The average Bonchev–Trinajstić information content (AvgIpc) is 0.864. The van der Waals surface area contributed by atoms with Crippen molar-refractivity contribution in [2.45, 2.75) is 462 Å². The van der Waals surface area contributed by atoms with Crippen LogP contribution >= 0.6 is 0 Å². The van der Waals surface area contributed by atoms with E-state index < -0.39 is 0 Å². The lowest BCUT2D eigenvalue weighted by Gasteiger charge is -2.46. The molecule has 0 bridgehead atoms. The Labute approximate surface area is 584 Å². The first kappa shape index (κ1) is 85.0. The maximum atomic E-state index is 12.3. The fourth-order valence-electron chi connectivity index (χ4n) is 18.0. The number of hydrogen-bond acceptors (Lipinski definition) is 18. The highest BCUT2D eigenvalue weighted by molar-refractivity contribution is 5.72. The largest absolute Gasteiger partial charge is 0.462 e. The van der Waals surface area contributed by atoms with Gasteiger partial charge in [0.2, 0.25) is 0 Å². The van der Waals surface area contributed by atoms with E-state index in [0.29, 0.717) is 51.4 Å². The normalized spacial score (nSPS) is 24.6. The molecular formula is C78H144N6O12. The van der Waals surface area contributed by atoms with E-state index in [1.54, 1.807) is 0 Å². The van der Waals surface area contributed by atoms with Gasteiger partial charge in [0.05, 0.1) is 0 Å². The molecule has 0 saturated carbocycles. The van der Waals surface area contributed by atoms with Crippen molar-refractivity contribution in [1.29, 1.82) is 0 Å². The molecule has 0 radical (unpaired) electrons. The van der Waals surface area contributed by atoms with Crippen LogP contribution in [0.4, 0.5) is 0 Å². The van der Waals surface area contributed by atoms with Crippen molar-refractivity contribution in [2.75, 3.05) is 0 Å². The molecule has 0 aliphatic carbocycles. The fourth-order valence-corrected chi connectivity index (χ4v) is 18.0. The van der Waals surface area contributed by atoms with Crippen LogP contribution in [0.25, 0.3) is 0 Å². The second-order valence-electron chi connectivity index (χ2n) is 38.2. The number of nitrogens with one attached hydrogen (secondary N) is 6. The molecule has 6 aliphatic rings. The molecule has 0 aromatic heterocycles. The molecule has 6 N–H and O–H groups in total. The van der Waals surface area contributed by atoms with Crippen molar-refractivity contribution in [2.24, 2.45) is 0 Å². The lowest BCUT2D eigenvalue weighted by atomic mass is 9.81. The molecule has 96 heavy (non-hydrogen) atoms. The molecule has 18 heteroatoms. The average molecular weight is 1360 g/mol. The summed E-state index contributed by atoms with van der Waals surface area (Å²) in [5.41, 5.74) is -0.353. The molecule has 0 aromatic rings. The molecule has 6 heterocycles. The Balaban J connectivity index is 0.000000307. The van der Waals surface area contributed by atoms with Crippen molar-refractivity contribution < 1.29 is 57.2 Å². The molecule has 18 nitrogen and oxygen atoms in total. The first-order chi connectivity index (χ1) is 43.7. The fraction of sp³-hybridized carbons (Fsp3) is 0.923. The van der Waals surface area contributed by atoms with Gasteiger partial charge in [-0.1, -0.05) is 38.5 Å². The first-order valence-corrected chi connectivity index (χ1v) is 37.6. The van der Waals surface area contributed by atoms with Gasteiger partial charge in [0.15, 0.2) is 0 Å². The Morgan fingerprint density at radius 2 is 0.292 bits per heavy atom. The van der Waals surface area contributed by atoms with E-state index in [4.69, 9.17) is 28.4 Å². The molecule has 0 atom stereocenters. The van der Waals surface area contributed by atoms with E-state index in [0.717, 1.165) is 141 Å². The Hall–Kier alpha value is -3.42. The summed E-state index contributed by atoms with van der Waals surface area (Å²) in [6.45, 7) is 51.8. The summed E-state index contributed by atoms with van der Waals surface area (Å²) in [7, 11) is 0. The van der Waals surface area contributed by atoms with Crippen molar-refractivity contribution >= 4 is 35.8 Å². The standard InChI is InChI=1S/C28H52N2O4.C26H48N2O4.C24H44N2O4/c1-25(2)17-21(18-26(3,4)29-25)33-23(31)15-13-11-9-10-12-14-16-24(32)34-22-19-27(5,6)30-28(7,8)20-22;1-23(2)15-19(16-24(3,4)27-23)31-21(29)13-11-9-10-12-14-22(30)32-20-17-25(5,6)28-26(7,8)18-20;1-21(2)13-17(14-22(3,4)25-21)29-19(27)11-9-10-12-20(28)30-18-15-23(5,6)26-24(7,8)16-18/h21-22,29-30H,9-20H2,1-8H3;19-20,27-28H,9-18H2,1-8H3;17-18,25-26H,9-16H2,1-8H3. The Bertz CT molecular complexity index is 2230. The summed E-state index contributed by atoms with van der Waals surface area (Å²) in [6.07, 6.45) is 23.3. The van der Waals surface area contributed by atoms with Crippen LogP contribution in [0.5, 0.6) is 0 Å². The van der Waals surface area contributed by atoms with E-state index in [1.165, 1.54) is 0 Å².